The van der Waals surface area contributed by atoms with Gasteiger partial charge in [0.2, 0.25) is 0 Å². The number of carbonyl (C=O) groups excluding carboxylic acids is 2. The van der Waals surface area contributed by atoms with Gasteiger partial charge in [0.15, 0.2) is 5.78 Å². The van der Waals surface area contributed by atoms with Gasteiger partial charge in [0.1, 0.15) is 23.6 Å². The Morgan fingerprint density at radius 3 is 2.41 bits per heavy atom. The van der Waals surface area contributed by atoms with Gasteiger partial charge >= 0.3 is 5.97 Å². The largest absolute Gasteiger partial charge is 0.489 e. The molecule has 0 aliphatic rings. The summed E-state index contributed by atoms with van der Waals surface area (Å²) >= 11 is 18.5. The van der Waals surface area contributed by atoms with Crippen molar-refractivity contribution < 1.29 is 19.1 Å². The molecule has 3 aromatic rings. The number of hydrogen-bond donors (Lipinski definition) is 1. The molecule has 0 fully saturated rings. The first-order valence-corrected chi connectivity index (χ1v) is 10.6. The first-order chi connectivity index (χ1) is 15.3. The monoisotopic (exact) mass is 492 g/mol. The van der Waals surface area contributed by atoms with E-state index in [1.165, 1.54) is 13.3 Å². The average molecular weight is 494 g/mol. The Bertz CT molecular complexity index is 1130. The van der Waals surface area contributed by atoms with Crippen molar-refractivity contribution in [2.45, 2.75) is 19.1 Å². The highest BCUT2D eigenvalue weighted by Crippen LogP contribution is 2.28. The van der Waals surface area contributed by atoms with Gasteiger partial charge in [-0.2, -0.15) is 0 Å². The van der Waals surface area contributed by atoms with Crippen molar-refractivity contribution in [3.8, 4) is 5.75 Å². The Labute approximate surface area is 200 Å². The lowest BCUT2D eigenvalue weighted by Crippen LogP contribution is -2.34. The van der Waals surface area contributed by atoms with Crippen LogP contribution in [0.3, 0.4) is 0 Å². The summed E-state index contributed by atoms with van der Waals surface area (Å²) in [6.45, 7) is 0.0980. The number of esters is 1. The highest BCUT2D eigenvalue weighted by molar-refractivity contribution is 6.36. The predicted molar refractivity (Wildman–Crippen MR) is 124 cm³/mol. The van der Waals surface area contributed by atoms with Crippen LogP contribution in [-0.4, -0.2) is 29.9 Å². The van der Waals surface area contributed by atoms with Crippen LogP contribution in [0, 0.1) is 0 Å². The maximum Gasteiger partial charge on any atom is 0.322 e. The van der Waals surface area contributed by atoms with E-state index < -0.39 is 12.0 Å². The lowest BCUT2D eigenvalue weighted by molar-refractivity contribution is -0.142. The summed E-state index contributed by atoms with van der Waals surface area (Å²) in [6, 6.07) is 12.3. The summed E-state index contributed by atoms with van der Waals surface area (Å²) in [5.41, 5.74) is 7.57. The molecule has 6 nitrogen and oxygen atoms in total. The Balaban J connectivity index is 1.95. The van der Waals surface area contributed by atoms with Crippen LogP contribution in [-0.2, 0) is 22.6 Å². The zero-order valence-corrected chi connectivity index (χ0v) is 19.2. The SMILES string of the molecule is COC(=O)[C@@H](N)Cc1ccc(OCc2c(Cl)cccc2Cl)cc1C(=O)c1cccnc1Cl. The van der Waals surface area contributed by atoms with Gasteiger partial charge in [-0.25, -0.2) is 4.98 Å². The fourth-order valence-electron chi connectivity index (χ4n) is 3.03. The number of methoxy groups -OCH3 is 1. The Morgan fingerprint density at radius 1 is 1.03 bits per heavy atom. The number of nitrogens with two attached hydrogens (primary N) is 1. The van der Waals surface area contributed by atoms with Crippen molar-refractivity contribution in [1.29, 1.82) is 0 Å². The molecule has 0 radical (unpaired) electrons. The van der Waals surface area contributed by atoms with Gasteiger partial charge in [-0.05, 0) is 48.4 Å². The number of ether oxygens (including phenoxy) is 2. The molecule has 1 atom stereocenters. The number of pyridine rings is 1. The summed E-state index contributed by atoms with van der Waals surface area (Å²) in [7, 11) is 1.25. The first-order valence-electron chi connectivity index (χ1n) is 9.49. The van der Waals surface area contributed by atoms with E-state index in [0.717, 1.165) is 0 Å². The zero-order valence-electron chi connectivity index (χ0n) is 17.0. The van der Waals surface area contributed by atoms with Crippen molar-refractivity contribution in [1.82, 2.24) is 4.98 Å². The van der Waals surface area contributed by atoms with Crippen molar-refractivity contribution in [3.05, 3.63) is 92.2 Å². The third-order valence-electron chi connectivity index (χ3n) is 4.72. The van der Waals surface area contributed by atoms with Gasteiger partial charge in [0.05, 0.1) is 12.7 Å². The number of benzene rings is 2. The summed E-state index contributed by atoms with van der Waals surface area (Å²) in [6.07, 6.45) is 1.57. The second-order valence-electron chi connectivity index (χ2n) is 6.81. The normalized spacial score (nSPS) is 11.7. The number of nitrogens with zero attached hydrogens (tertiary/aromatic N) is 1. The van der Waals surface area contributed by atoms with E-state index in [4.69, 9.17) is 50.0 Å². The predicted octanol–water partition coefficient (Wildman–Crippen LogP) is 4.89. The second-order valence-corrected chi connectivity index (χ2v) is 7.98. The lowest BCUT2D eigenvalue weighted by atomic mass is 9.94. The highest BCUT2D eigenvalue weighted by Gasteiger charge is 2.22. The molecule has 0 bridgehead atoms. The summed E-state index contributed by atoms with van der Waals surface area (Å²) in [5, 5.41) is 1.00. The van der Waals surface area contributed by atoms with Crippen LogP contribution < -0.4 is 10.5 Å². The summed E-state index contributed by atoms with van der Waals surface area (Å²) in [4.78, 5) is 29.0. The number of aromatic nitrogens is 1. The van der Waals surface area contributed by atoms with Gasteiger partial charge in [-0.1, -0.05) is 46.9 Å². The number of halogens is 3. The fourth-order valence-corrected chi connectivity index (χ4v) is 3.74. The number of carbonyl (C=O) groups is 2. The minimum Gasteiger partial charge on any atom is -0.489 e. The molecule has 0 aliphatic carbocycles. The summed E-state index contributed by atoms with van der Waals surface area (Å²) < 4.78 is 10.5. The summed E-state index contributed by atoms with van der Waals surface area (Å²) in [5.74, 6) is -0.562. The molecule has 2 aromatic carbocycles. The topological polar surface area (TPSA) is 91.5 Å². The van der Waals surface area contributed by atoms with Crippen LogP contribution >= 0.6 is 34.8 Å². The second kappa shape index (κ2) is 10.8. The Morgan fingerprint density at radius 2 is 1.75 bits per heavy atom. The molecular weight excluding hydrogens is 475 g/mol. The minimum absolute atomic E-state index is 0.0647. The van der Waals surface area contributed by atoms with Gasteiger partial charge in [-0.3, -0.25) is 9.59 Å². The molecule has 0 saturated carbocycles. The minimum atomic E-state index is -0.940. The molecule has 32 heavy (non-hydrogen) atoms. The van der Waals surface area contributed by atoms with E-state index in [0.29, 0.717) is 26.9 Å². The molecule has 1 aromatic heterocycles. The maximum atomic E-state index is 13.3. The van der Waals surface area contributed by atoms with Crippen LogP contribution in [0.25, 0.3) is 0 Å². The highest BCUT2D eigenvalue weighted by atomic mass is 35.5. The Hall–Kier alpha value is -2.64. The molecule has 0 saturated heterocycles. The fraction of sp³-hybridized carbons (Fsp3) is 0.174. The van der Waals surface area contributed by atoms with Crippen molar-refractivity contribution in [3.63, 3.8) is 0 Å². The van der Waals surface area contributed by atoms with E-state index in [2.05, 4.69) is 4.98 Å². The number of ketones is 1. The van der Waals surface area contributed by atoms with E-state index >= 15 is 0 Å². The van der Waals surface area contributed by atoms with Gasteiger partial charge in [0.25, 0.3) is 0 Å². The molecule has 0 unspecified atom stereocenters. The Kier molecular flexibility index (Phi) is 8.10. The molecule has 0 aliphatic heterocycles. The third-order valence-corrected chi connectivity index (χ3v) is 5.73. The molecule has 0 amide bonds. The average Bonchev–Trinajstić information content (AvgIpc) is 2.78. The molecule has 1 heterocycles. The lowest BCUT2D eigenvalue weighted by Gasteiger charge is -2.16. The number of rotatable bonds is 8. The molecule has 9 heteroatoms. The van der Waals surface area contributed by atoms with E-state index in [1.807, 2.05) is 0 Å². The van der Waals surface area contributed by atoms with Crippen molar-refractivity contribution in [2.75, 3.05) is 7.11 Å². The van der Waals surface area contributed by atoms with Crippen LogP contribution in [0.4, 0.5) is 0 Å². The van der Waals surface area contributed by atoms with E-state index in [1.54, 1.807) is 48.5 Å². The van der Waals surface area contributed by atoms with Crippen LogP contribution in [0.15, 0.2) is 54.7 Å². The molecule has 2 N–H and O–H groups in total. The number of hydrogen-bond acceptors (Lipinski definition) is 6. The molecule has 0 spiro atoms. The van der Waals surface area contributed by atoms with Gasteiger partial charge in [0, 0.05) is 27.4 Å². The van der Waals surface area contributed by atoms with E-state index in [9.17, 15) is 9.59 Å². The maximum absolute atomic E-state index is 13.3. The zero-order chi connectivity index (χ0) is 23.3. The third kappa shape index (κ3) is 5.58. The van der Waals surface area contributed by atoms with Gasteiger partial charge in [-0.15, -0.1) is 0 Å². The van der Waals surface area contributed by atoms with Gasteiger partial charge < -0.3 is 15.2 Å². The van der Waals surface area contributed by atoms with Crippen molar-refractivity contribution >= 4 is 46.6 Å². The quantitative estimate of drug-likeness (QED) is 0.273. The smallest absolute Gasteiger partial charge is 0.322 e. The van der Waals surface area contributed by atoms with Crippen LogP contribution in [0.5, 0.6) is 5.75 Å². The van der Waals surface area contributed by atoms with E-state index in [-0.39, 0.29) is 35.1 Å². The van der Waals surface area contributed by atoms with Crippen LogP contribution in [0.2, 0.25) is 15.2 Å². The molecule has 3 rings (SSSR count). The van der Waals surface area contributed by atoms with Crippen molar-refractivity contribution in [2.24, 2.45) is 5.73 Å². The standard InChI is InChI=1S/C23H19Cl3N2O4/c1-31-23(30)20(27)10-13-7-8-14(32-12-17-18(24)5-2-6-19(17)25)11-16(13)21(29)15-4-3-9-28-22(15)26/h2-9,11,20H,10,12,27H2,1H3/t20-/m0/s1. The van der Waals surface area contributed by atoms with Crippen LogP contribution in [0.1, 0.15) is 27.0 Å². The molecule has 166 valence electrons. The molecular formula is C23H19Cl3N2O4. The first kappa shape index (κ1) is 24.0.